The minimum Gasteiger partial charge on any atom is -0.480 e. The number of carboxylic acids is 1. The number of carboxylic acid groups (broad SMARTS) is 1. The lowest BCUT2D eigenvalue weighted by atomic mass is 9.94. The Bertz CT molecular complexity index is 470. The summed E-state index contributed by atoms with van der Waals surface area (Å²) in [7, 11) is 1.93. The van der Waals surface area contributed by atoms with Gasteiger partial charge in [-0.1, -0.05) is 6.07 Å². The number of anilines is 1. The molecule has 0 aromatic heterocycles. The lowest BCUT2D eigenvalue weighted by molar-refractivity contribution is -0.138. The Morgan fingerprint density at radius 3 is 2.53 bits per heavy atom. The molecular weight excluding hydrogens is 240 g/mol. The molecule has 0 aliphatic rings. The van der Waals surface area contributed by atoms with Crippen molar-refractivity contribution in [2.24, 2.45) is 5.73 Å². The van der Waals surface area contributed by atoms with Crippen molar-refractivity contribution in [3.63, 3.8) is 0 Å². The molecule has 0 amide bonds. The highest BCUT2D eigenvalue weighted by molar-refractivity contribution is 5.73. The van der Waals surface area contributed by atoms with Crippen LogP contribution in [0.5, 0.6) is 0 Å². The van der Waals surface area contributed by atoms with Gasteiger partial charge in [0.15, 0.2) is 0 Å². The third-order valence-corrected chi connectivity index (χ3v) is 3.74. The molecule has 4 N–H and O–H groups in total. The van der Waals surface area contributed by atoms with Crippen LogP contribution in [0.15, 0.2) is 6.07 Å². The van der Waals surface area contributed by atoms with Gasteiger partial charge in [0.25, 0.3) is 0 Å². The van der Waals surface area contributed by atoms with Gasteiger partial charge in [-0.15, -0.1) is 0 Å². The normalized spacial score (nSPS) is 12.3. The van der Waals surface area contributed by atoms with Crippen LogP contribution < -0.4 is 11.1 Å². The number of aliphatic carboxylic acids is 1. The van der Waals surface area contributed by atoms with Gasteiger partial charge in [0.1, 0.15) is 6.04 Å². The Morgan fingerprint density at radius 1 is 1.37 bits per heavy atom. The molecule has 0 saturated heterocycles. The SMILES string of the molecule is CNc1c(C)c(C)cc(CCCC(N)C(=O)O)c1C. The second-order valence-corrected chi connectivity index (χ2v) is 5.06. The van der Waals surface area contributed by atoms with Gasteiger partial charge < -0.3 is 16.2 Å². The quantitative estimate of drug-likeness (QED) is 0.737. The average Bonchev–Trinajstić information content (AvgIpc) is 2.36. The van der Waals surface area contributed by atoms with Crippen LogP contribution in [0.3, 0.4) is 0 Å². The van der Waals surface area contributed by atoms with E-state index in [0.717, 1.165) is 12.8 Å². The molecule has 1 unspecified atom stereocenters. The fourth-order valence-corrected chi connectivity index (χ4v) is 2.39. The first-order valence-corrected chi connectivity index (χ1v) is 6.64. The van der Waals surface area contributed by atoms with Crippen molar-refractivity contribution in [1.29, 1.82) is 0 Å². The summed E-state index contributed by atoms with van der Waals surface area (Å²) >= 11 is 0. The highest BCUT2D eigenvalue weighted by atomic mass is 16.4. The Labute approximate surface area is 115 Å². The van der Waals surface area contributed by atoms with Crippen molar-refractivity contribution in [1.82, 2.24) is 0 Å². The minimum atomic E-state index is -0.923. The fraction of sp³-hybridized carbons (Fsp3) is 0.533. The largest absolute Gasteiger partial charge is 0.480 e. The van der Waals surface area contributed by atoms with Crippen molar-refractivity contribution in [3.05, 3.63) is 28.3 Å². The summed E-state index contributed by atoms with van der Waals surface area (Å²) in [6, 6.07) is 1.44. The summed E-state index contributed by atoms with van der Waals surface area (Å²) in [6.45, 7) is 6.31. The molecule has 0 bridgehead atoms. The summed E-state index contributed by atoms with van der Waals surface area (Å²) in [5, 5.41) is 12.0. The second-order valence-electron chi connectivity index (χ2n) is 5.06. The van der Waals surface area contributed by atoms with Gasteiger partial charge in [0.05, 0.1) is 0 Å². The van der Waals surface area contributed by atoms with Gasteiger partial charge in [-0.05, 0) is 62.3 Å². The van der Waals surface area contributed by atoms with Crippen LogP contribution >= 0.6 is 0 Å². The van der Waals surface area contributed by atoms with Crippen molar-refractivity contribution in [2.45, 2.75) is 46.1 Å². The maximum absolute atomic E-state index is 10.7. The van der Waals surface area contributed by atoms with Crippen molar-refractivity contribution >= 4 is 11.7 Å². The zero-order valence-corrected chi connectivity index (χ0v) is 12.2. The zero-order valence-electron chi connectivity index (χ0n) is 12.2. The van der Waals surface area contributed by atoms with Crippen molar-refractivity contribution in [3.8, 4) is 0 Å². The number of aryl methyl sites for hydroxylation is 2. The van der Waals surface area contributed by atoms with E-state index in [1.165, 1.54) is 27.9 Å². The van der Waals surface area contributed by atoms with E-state index in [-0.39, 0.29) is 0 Å². The van der Waals surface area contributed by atoms with Gasteiger partial charge >= 0.3 is 5.97 Å². The van der Waals surface area contributed by atoms with Crippen molar-refractivity contribution < 1.29 is 9.90 Å². The van der Waals surface area contributed by atoms with Gasteiger partial charge in [-0.2, -0.15) is 0 Å². The smallest absolute Gasteiger partial charge is 0.320 e. The Kier molecular flexibility index (Phi) is 5.36. The first-order chi connectivity index (χ1) is 8.88. The molecule has 0 aliphatic carbocycles. The van der Waals surface area contributed by atoms with Crippen molar-refractivity contribution in [2.75, 3.05) is 12.4 Å². The van der Waals surface area contributed by atoms with Crippen LogP contribution in [0.1, 0.15) is 35.1 Å². The van der Waals surface area contributed by atoms with Crippen LogP contribution in [-0.4, -0.2) is 24.2 Å². The predicted molar refractivity (Wildman–Crippen MR) is 78.7 cm³/mol. The molecule has 19 heavy (non-hydrogen) atoms. The number of benzene rings is 1. The van der Waals surface area contributed by atoms with E-state index in [2.05, 4.69) is 32.2 Å². The summed E-state index contributed by atoms with van der Waals surface area (Å²) in [6.07, 6.45) is 2.17. The summed E-state index contributed by atoms with van der Waals surface area (Å²) < 4.78 is 0. The predicted octanol–water partition coefficient (Wildman–Crippen LogP) is 2.39. The molecule has 1 aromatic rings. The summed E-state index contributed by atoms with van der Waals surface area (Å²) in [5.74, 6) is -0.923. The molecule has 1 atom stereocenters. The van der Waals surface area contributed by atoms with E-state index in [4.69, 9.17) is 10.8 Å². The van der Waals surface area contributed by atoms with Crippen LogP contribution in [-0.2, 0) is 11.2 Å². The Morgan fingerprint density at radius 2 is 2.00 bits per heavy atom. The molecule has 0 fully saturated rings. The third-order valence-electron chi connectivity index (χ3n) is 3.74. The molecule has 106 valence electrons. The summed E-state index contributed by atoms with van der Waals surface area (Å²) in [4.78, 5) is 10.7. The lowest BCUT2D eigenvalue weighted by Gasteiger charge is -2.17. The second kappa shape index (κ2) is 6.57. The number of hydrogen-bond donors (Lipinski definition) is 3. The molecule has 0 spiro atoms. The van der Waals surface area contributed by atoms with Crippen LogP contribution in [0.25, 0.3) is 0 Å². The van der Waals surface area contributed by atoms with Crippen LogP contribution in [0.2, 0.25) is 0 Å². The monoisotopic (exact) mass is 264 g/mol. The number of hydrogen-bond acceptors (Lipinski definition) is 3. The van der Waals surface area contributed by atoms with E-state index in [0.29, 0.717) is 6.42 Å². The highest BCUT2D eigenvalue weighted by Crippen LogP contribution is 2.27. The van der Waals surface area contributed by atoms with E-state index in [1.807, 2.05) is 7.05 Å². The van der Waals surface area contributed by atoms with Gasteiger partial charge in [-0.25, -0.2) is 0 Å². The van der Waals surface area contributed by atoms with Gasteiger partial charge in [-0.3, -0.25) is 4.79 Å². The molecule has 1 rings (SSSR count). The molecule has 0 heterocycles. The molecule has 4 nitrogen and oxygen atoms in total. The molecule has 4 heteroatoms. The highest BCUT2D eigenvalue weighted by Gasteiger charge is 2.13. The average molecular weight is 264 g/mol. The van der Waals surface area contributed by atoms with E-state index < -0.39 is 12.0 Å². The molecule has 0 saturated carbocycles. The Hall–Kier alpha value is -1.55. The Balaban J connectivity index is 2.79. The first kappa shape index (κ1) is 15.5. The fourth-order valence-electron chi connectivity index (χ4n) is 2.39. The van der Waals surface area contributed by atoms with Crippen LogP contribution in [0, 0.1) is 20.8 Å². The van der Waals surface area contributed by atoms with Crippen LogP contribution in [0.4, 0.5) is 5.69 Å². The lowest BCUT2D eigenvalue weighted by Crippen LogP contribution is -2.29. The maximum Gasteiger partial charge on any atom is 0.320 e. The van der Waals surface area contributed by atoms with Gasteiger partial charge in [0.2, 0.25) is 0 Å². The number of nitrogens with two attached hydrogens (primary N) is 1. The topological polar surface area (TPSA) is 75.3 Å². The van der Waals surface area contributed by atoms with E-state index in [1.54, 1.807) is 0 Å². The standard InChI is InChI=1S/C15H24N2O2/c1-9-8-12(6-5-7-13(16)15(18)19)11(3)14(17-4)10(9)2/h8,13,17H,5-7,16H2,1-4H3,(H,18,19). The van der Waals surface area contributed by atoms with E-state index in [9.17, 15) is 4.79 Å². The minimum absolute atomic E-state index is 0.511. The van der Waals surface area contributed by atoms with E-state index >= 15 is 0 Å². The van der Waals surface area contributed by atoms with Gasteiger partial charge in [0, 0.05) is 12.7 Å². The molecular formula is C15H24N2O2. The first-order valence-electron chi connectivity index (χ1n) is 6.64. The summed E-state index contributed by atoms with van der Waals surface area (Å²) in [5.41, 5.74) is 11.7. The molecule has 1 aromatic carbocycles. The number of carbonyl (C=O) groups is 1. The number of rotatable bonds is 6. The molecule has 0 aliphatic heterocycles. The maximum atomic E-state index is 10.7. The molecule has 0 radical (unpaired) electrons. The number of nitrogens with one attached hydrogen (secondary N) is 1. The zero-order chi connectivity index (χ0) is 14.6. The third kappa shape index (κ3) is 3.70.